The van der Waals surface area contributed by atoms with E-state index in [2.05, 4.69) is 10.3 Å². The van der Waals surface area contributed by atoms with Crippen LogP contribution in [-0.2, 0) is 11.2 Å². The number of carbonyl (C=O) groups is 1. The highest BCUT2D eigenvalue weighted by Gasteiger charge is 2.23. The third-order valence-electron chi connectivity index (χ3n) is 3.69. The van der Waals surface area contributed by atoms with Gasteiger partial charge in [-0.1, -0.05) is 12.1 Å². The minimum absolute atomic E-state index is 0.0455. The summed E-state index contributed by atoms with van der Waals surface area (Å²) >= 11 is 0. The standard InChI is InChI=1S/C18H28N4O2/c1-21(2)18(22(3)4)19-12-11-14-5-9-16(10-6-14)24-13-17(23)20-15-7-8-15/h5-6,9-10,15H,7-8,11-13H2,1-4H3,(H,20,23). The van der Waals surface area contributed by atoms with E-state index < -0.39 is 0 Å². The van der Waals surface area contributed by atoms with E-state index in [0.717, 1.165) is 37.5 Å². The van der Waals surface area contributed by atoms with Gasteiger partial charge < -0.3 is 19.9 Å². The van der Waals surface area contributed by atoms with Crippen LogP contribution in [0, 0.1) is 0 Å². The Morgan fingerprint density at radius 2 is 1.79 bits per heavy atom. The molecule has 0 aliphatic heterocycles. The topological polar surface area (TPSA) is 57.2 Å². The maximum atomic E-state index is 11.6. The number of amides is 1. The van der Waals surface area contributed by atoms with Gasteiger partial charge in [-0.15, -0.1) is 0 Å². The molecule has 1 fully saturated rings. The lowest BCUT2D eigenvalue weighted by molar-refractivity contribution is -0.123. The zero-order valence-electron chi connectivity index (χ0n) is 15.1. The van der Waals surface area contributed by atoms with Crippen molar-refractivity contribution >= 4 is 11.9 Å². The molecule has 0 saturated heterocycles. The monoisotopic (exact) mass is 332 g/mol. The van der Waals surface area contributed by atoms with Crippen molar-refractivity contribution in [2.75, 3.05) is 41.3 Å². The van der Waals surface area contributed by atoms with Gasteiger partial charge in [-0.2, -0.15) is 0 Å². The van der Waals surface area contributed by atoms with Crippen LogP contribution >= 0.6 is 0 Å². The summed E-state index contributed by atoms with van der Waals surface area (Å²) in [6, 6.07) is 8.23. The number of ether oxygens (including phenoxy) is 1. The molecule has 6 nitrogen and oxygen atoms in total. The highest BCUT2D eigenvalue weighted by Crippen LogP contribution is 2.18. The van der Waals surface area contributed by atoms with Crippen LogP contribution in [0.3, 0.4) is 0 Å². The Morgan fingerprint density at radius 3 is 2.33 bits per heavy atom. The number of guanidine groups is 1. The second-order valence-electron chi connectivity index (χ2n) is 6.49. The molecule has 0 unspecified atom stereocenters. The van der Waals surface area contributed by atoms with Gasteiger partial charge in [0.05, 0.1) is 0 Å². The van der Waals surface area contributed by atoms with Crippen molar-refractivity contribution in [3.63, 3.8) is 0 Å². The predicted molar refractivity (Wildman–Crippen MR) is 96.5 cm³/mol. The Kier molecular flexibility index (Phi) is 6.46. The van der Waals surface area contributed by atoms with E-state index >= 15 is 0 Å². The van der Waals surface area contributed by atoms with Crippen molar-refractivity contribution in [2.24, 2.45) is 4.99 Å². The Morgan fingerprint density at radius 1 is 1.17 bits per heavy atom. The number of nitrogens with one attached hydrogen (secondary N) is 1. The molecule has 1 aliphatic rings. The van der Waals surface area contributed by atoms with Crippen LogP contribution in [0.5, 0.6) is 5.75 Å². The Labute approximate surface area is 144 Å². The first-order valence-electron chi connectivity index (χ1n) is 8.36. The van der Waals surface area contributed by atoms with E-state index in [4.69, 9.17) is 4.74 Å². The fourth-order valence-electron chi connectivity index (χ4n) is 2.37. The maximum absolute atomic E-state index is 11.6. The second kappa shape index (κ2) is 8.57. The van der Waals surface area contributed by atoms with Crippen LogP contribution in [0.25, 0.3) is 0 Å². The van der Waals surface area contributed by atoms with Crippen LogP contribution in [0.15, 0.2) is 29.3 Å². The SMILES string of the molecule is CN(C)C(=NCCc1ccc(OCC(=O)NC2CC2)cc1)N(C)C. The average Bonchev–Trinajstić information content (AvgIpc) is 3.34. The van der Waals surface area contributed by atoms with E-state index in [1.165, 1.54) is 5.56 Å². The molecule has 1 saturated carbocycles. The highest BCUT2D eigenvalue weighted by atomic mass is 16.5. The molecule has 0 aromatic heterocycles. The lowest BCUT2D eigenvalue weighted by Crippen LogP contribution is -2.35. The Hall–Kier alpha value is -2.24. The molecule has 132 valence electrons. The lowest BCUT2D eigenvalue weighted by atomic mass is 10.1. The normalized spacial score (nSPS) is 13.2. The molecule has 1 amide bonds. The summed E-state index contributed by atoms with van der Waals surface area (Å²) in [6.45, 7) is 0.810. The van der Waals surface area contributed by atoms with Crippen LogP contribution in [0.1, 0.15) is 18.4 Å². The number of aliphatic imine (C=N–C) groups is 1. The molecule has 0 heterocycles. The first kappa shape index (κ1) is 18.1. The van der Waals surface area contributed by atoms with E-state index in [9.17, 15) is 4.79 Å². The lowest BCUT2D eigenvalue weighted by Gasteiger charge is -2.22. The second-order valence-corrected chi connectivity index (χ2v) is 6.49. The van der Waals surface area contributed by atoms with Crippen LogP contribution < -0.4 is 10.1 Å². The minimum Gasteiger partial charge on any atom is -0.484 e. The van der Waals surface area contributed by atoms with Gasteiger partial charge in [0.2, 0.25) is 0 Å². The molecule has 6 heteroatoms. The third-order valence-corrected chi connectivity index (χ3v) is 3.69. The molecule has 1 aromatic rings. The highest BCUT2D eigenvalue weighted by molar-refractivity contribution is 5.79. The van der Waals surface area contributed by atoms with Gasteiger partial charge >= 0.3 is 0 Å². The Bertz CT molecular complexity index is 553. The van der Waals surface area contributed by atoms with E-state index in [-0.39, 0.29) is 12.5 Å². The summed E-state index contributed by atoms with van der Waals surface area (Å²) in [5.41, 5.74) is 1.20. The van der Waals surface area contributed by atoms with Gasteiger partial charge in [0, 0.05) is 40.8 Å². The summed E-state index contributed by atoms with van der Waals surface area (Å²) in [5, 5.41) is 2.91. The van der Waals surface area contributed by atoms with Crippen molar-refractivity contribution in [2.45, 2.75) is 25.3 Å². The fraction of sp³-hybridized carbons (Fsp3) is 0.556. The summed E-state index contributed by atoms with van der Waals surface area (Å²) < 4.78 is 5.50. The number of nitrogens with zero attached hydrogens (tertiary/aromatic N) is 3. The van der Waals surface area contributed by atoms with Crippen LogP contribution in [0.2, 0.25) is 0 Å². The number of hydrogen-bond acceptors (Lipinski definition) is 3. The van der Waals surface area contributed by atoms with E-state index in [1.807, 2.05) is 62.3 Å². The fourth-order valence-corrected chi connectivity index (χ4v) is 2.37. The number of benzene rings is 1. The first-order valence-corrected chi connectivity index (χ1v) is 8.36. The molecule has 0 spiro atoms. The molecule has 1 N–H and O–H groups in total. The summed E-state index contributed by atoms with van der Waals surface area (Å²) in [7, 11) is 7.96. The van der Waals surface area contributed by atoms with Gasteiger partial charge in [-0.05, 0) is 37.0 Å². The van der Waals surface area contributed by atoms with Crippen molar-refractivity contribution < 1.29 is 9.53 Å². The van der Waals surface area contributed by atoms with Crippen molar-refractivity contribution in [3.05, 3.63) is 29.8 Å². The summed E-state index contributed by atoms with van der Waals surface area (Å²) in [6.07, 6.45) is 3.05. The quantitative estimate of drug-likeness (QED) is 0.605. The predicted octanol–water partition coefficient (Wildman–Crippen LogP) is 1.37. The zero-order valence-corrected chi connectivity index (χ0v) is 15.1. The number of hydrogen-bond donors (Lipinski definition) is 1. The van der Waals surface area contributed by atoms with Gasteiger partial charge in [0.25, 0.3) is 5.91 Å². The van der Waals surface area contributed by atoms with Crippen molar-refractivity contribution in [3.8, 4) is 5.75 Å². The third kappa shape index (κ3) is 6.10. The molecule has 2 rings (SSSR count). The molecule has 1 aromatic carbocycles. The molecule has 1 aliphatic carbocycles. The Balaban J connectivity index is 1.76. The maximum Gasteiger partial charge on any atom is 0.258 e. The molecular weight excluding hydrogens is 304 g/mol. The smallest absolute Gasteiger partial charge is 0.258 e. The molecule has 24 heavy (non-hydrogen) atoms. The zero-order chi connectivity index (χ0) is 17.5. The number of carbonyl (C=O) groups excluding carboxylic acids is 1. The molecule has 0 bridgehead atoms. The van der Waals surface area contributed by atoms with Crippen molar-refractivity contribution in [1.82, 2.24) is 15.1 Å². The first-order chi connectivity index (χ1) is 11.5. The van der Waals surface area contributed by atoms with E-state index in [0.29, 0.717) is 6.04 Å². The molecule has 0 radical (unpaired) electrons. The van der Waals surface area contributed by atoms with Crippen LogP contribution in [-0.4, -0.2) is 69.1 Å². The number of rotatable bonds is 7. The summed E-state index contributed by atoms with van der Waals surface area (Å²) in [4.78, 5) is 20.2. The van der Waals surface area contributed by atoms with Crippen LogP contribution in [0.4, 0.5) is 0 Å². The molecular formula is C18H28N4O2. The van der Waals surface area contributed by atoms with Crippen molar-refractivity contribution in [1.29, 1.82) is 0 Å². The minimum atomic E-state index is -0.0455. The average molecular weight is 332 g/mol. The van der Waals surface area contributed by atoms with Gasteiger partial charge in [0.1, 0.15) is 5.75 Å². The van der Waals surface area contributed by atoms with Gasteiger partial charge in [-0.25, -0.2) is 0 Å². The van der Waals surface area contributed by atoms with E-state index in [1.54, 1.807) is 0 Å². The molecule has 0 atom stereocenters. The van der Waals surface area contributed by atoms with Gasteiger partial charge in [-0.3, -0.25) is 9.79 Å². The largest absolute Gasteiger partial charge is 0.484 e. The van der Waals surface area contributed by atoms with Gasteiger partial charge in [0.15, 0.2) is 12.6 Å². The summed E-state index contributed by atoms with van der Waals surface area (Å²) in [5.74, 6) is 1.63.